The summed E-state index contributed by atoms with van der Waals surface area (Å²) in [6.45, 7) is 2.08. The first kappa shape index (κ1) is 12.8. The lowest BCUT2D eigenvalue weighted by Gasteiger charge is -2.10. The molecule has 0 saturated carbocycles. The van der Waals surface area contributed by atoms with Crippen molar-refractivity contribution in [3.05, 3.63) is 66.5 Å². The molecule has 0 bridgehead atoms. The highest BCUT2D eigenvalue weighted by molar-refractivity contribution is 6.10. The molecule has 0 radical (unpaired) electrons. The summed E-state index contributed by atoms with van der Waals surface area (Å²) in [6, 6.07) is 16.2. The summed E-state index contributed by atoms with van der Waals surface area (Å²) < 4.78 is 0. The van der Waals surface area contributed by atoms with E-state index >= 15 is 0 Å². The number of benzene rings is 2. The maximum Gasteiger partial charge on any atom is 0.0789 e. The molecule has 2 heterocycles. The summed E-state index contributed by atoms with van der Waals surface area (Å²) in [5.74, 6) is 0. The van der Waals surface area contributed by atoms with E-state index in [0.717, 1.165) is 38.6 Å². The lowest BCUT2D eigenvalue weighted by Crippen LogP contribution is -1.92. The van der Waals surface area contributed by atoms with Crippen LogP contribution in [0.3, 0.4) is 0 Å². The van der Waals surface area contributed by atoms with Crippen molar-refractivity contribution < 1.29 is 0 Å². The molecule has 0 aliphatic rings. The van der Waals surface area contributed by atoms with Gasteiger partial charge in [0.05, 0.1) is 11.2 Å². The molecule has 2 aromatic carbocycles. The largest absolute Gasteiger partial charge is 0.399 e. The first-order valence-electron chi connectivity index (χ1n) is 7.22. The van der Waals surface area contributed by atoms with E-state index < -0.39 is 0 Å². The smallest absolute Gasteiger partial charge is 0.0789 e. The summed E-state index contributed by atoms with van der Waals surface area (Å²) >= 11 is 0. The Morgan fingerprint density at radius 3 is 2.68 bits per heavy atom. The van der Waals surface area contributed by atoms with Crippen LogP contribution in [-0.4, -0.2) is 9.97 Å². The quantitative estimate of drug-likeness (QED) is 0.418. The normalized spacial score (nSPS) is 11.1. The summed E-state index contributed by atoms with van der Waals surface area (Å²) in [4.78, 5) is 9.18. The van der Waals surface area contributed by atoms with Crippen LogP contribution in [-0.2, 0) is 0 Å². The van der Waals surface area contributed by atoms with Gasteiger partial charge in [0.15, 0.2) is 0 Å². The number of hydrogen-bond donors (Lipinski definition) is 1. The molecule has 0 aliphatic heterocycles. The van der Waals surface area contributed by atoms with Gasteiger partial charge in [0.2, 0.25) is 0 Å². The van der Waals surface area contributed by atoms with Crippen LogP contribution in [0.15, 0.2) is 60.9 Å². The Balaban J connectivity index is 2.16. The number of aryl methyl sites for hydroxylation is 1. The molecule has 3 heteroatoms. The molecule has 106 valence electrons. The zero-order chi connectivity index (χ0) is 15.1. The molecular weight excluding hydrogens is 270 g/mol. The lowest BCUT2D eigenvalue weighted by molar-refractivity contribution is 1.35. The van der Waals surface area contributed by atoms with E-state index in [0.29, 0.717) is 0 Å². The van der Waals surface area contributed by atoms with Crippen LogP contribution in [0.5, 0.6) is 0 Å². The van der Waals surface area contributed by atoms with Gasteiger partial charge < -0.3 is 5.73 Å². The third-order valence-electron chi connectivity index (χ3n) is 3.91. The van der Waals surface area contributed by atoms with Crippen molar-refractivity contribution in [2.75, 3.05) is 5.73 Å². The van der Waals surface area contributed by atoms with Crippen LogP contribution in [0.25, 0.3) is 32.9 Å². The van der Waals surface area contributed by atoms with Gasteiger partial charge in [-0.15, -0.1) is 0 Å². The van der Waals surface area contributed by atoms with Gasteiger partial charge in [-0.1, -0.05) is 24.3 Å². The topological polar surface area (TPSA) is 51.8 Å². The zero-order valence-corrected chi connectivity index (χ0v) is 12.2. The number of nitrogens with two attached hydrogens (primary N) is 1. The van der Waals surface area contributed by atoms with Crippen molar-refractivity contribution in [1.29, 1.82) is 0 Å². The van der Waals surface area contributed by atoms with Gasteiger partial charge in [-0.05, 0) is 36.8 Å². The summed E-state index contributed by atoms with van der Waals surface area (Å²) in [5, 5.41) is 3.34. The van der Waals surface area contributed by atoms with Crippen molar-refractivity contribution in [3.8, 4) is 11.3 Å². The Bertz CT molecular complexity index is 1010. The number of fused-ring (bicyclic) bond motifs is 3. The molecule has 22 heavy (non-hydrogen) atoms. The van der Waals surface area contributed by atoms with E-state index in [1.54, 1.807) is 6.20 Å². The second-order valence-corrected chi connectivity index (χ2v) is 5.53. The number of pyridine rings is 2. The number of nitrogens with zero attached hydrogens (tertiary/aromatic N) is 2. The number of nitrogen functional groups attached to an aromatic ring is 1. The second-order valence-electron chi connectivity index (χ2n) is 5.53. The molecule has 0 unspecified atom stereocenters. The maximum atomic E-state index is 5.94. The number of rotatable bonds is 1. The minimum atomic E-state index is 0.742. The highest BCUT2D eigenvalue weighted by atomic mass is 14.7. The van der Waals surface area contributed by atoms with Crippen molar-refractivity contribution in [2.45, 2.75) is 6.92 Å². The lowest BCUT2D eigenvalue weighted by atomic mass is 10.0. The Morgan fingerprint density at radius 1 is 0.909 bits per heavy atom. The van der Waals surface area contributed by atoms with Crippen molar-refractivity contribution >= 4 is 27.4 Å². The third kappa shape index (κ3) is 1.99. The van der Waals surface area contributed by atoms with Crippen molar-refractivity contribution in [3.63, 3.8) is 0 Å². The van der Waals surface area contributed by atoms with Crippen molar-refractivity contribution in [1.82, 2.24) is 9.97 Å². The Kier molecular flexibility index (Phi) is 2.79. The first-order chi connectivity index (χ1) is 10.7. The van der Waals surface area contributed by atoms with Crippen LogP contribution in [0.4, 0.5) is 5.69 Å². The molecule has 0 aliphatic carbocycles. The van der Waals surface area contributed by atoms with Gasteiger partial charge in [0, 0.05) is 39.8 Å². The van der Waals surface area contributed by atoms with Crippen LogP contribution in [0.1, 0.15) is 5.56 Å². The first-order valence-corrected chi connectivity index (χ1v) is 7.22. The molecule has 0 atom stereocenters. The highest BCUT2D eigenvalue weighted by Gasteiger charge is 2.10. The second kappa shape index (κ2) is 4.81. The van der Waals surface area contributed by atoms with Crippen LogP contribution < -0.4 is 5.73 Å². The molecule has 0 fully saturated rings. The minimum absolute atomic E-state index is 0.742. The maximum absolute atomic E-state index is 5.94. The fourth-order valence-electron chi connectivity index (χ4n) is 2.86. The predicted molar refractivity (Wildman–Crippen MR) is 91.6 cm³/mol. The molecule has 0 spiro atoms. The fourth-order valence-corrected chi connectivity index (χ4v) is 2.86. The van der Waals surface area contributed by atoms with E-state index in [1.807, 2.05) is 36.5 Å². The summed E-state index contributed by atoms with van der Waals surface area (Å²) in [7, 11) is 0. The molecule has 4 rings (SSSR count). The van der Waals surface area contributed by atoms with Crippen LogP contribution in [0, 0.1) is 6.92 Å². The van der Waals surface area contributed by atoms with E-state index in [9.17, 15) is 0 Å². The highest BCUT2D eigenvalue weighted by Crippen LogP contribution is 2.32. The molecule has 0 saturated heterocycles. The number of aromatic nitrogens is 2. The summed E-state index contributed by atoms with van der Waals surface area (Å²) in [5.41, 5.74) is 10.8. The van der Waals surface area contributed by atoms with Crippen LogP contribution in [0.2, 0.25) is 0 Å². The number of anilines is 1. The number of hydrogen-bond acceptors (Lipinski definition) is 3. The monoisotopic (exact) mass is 285 g/mol. The molecule has 4 aromatic rings. The SMILES string of the molecule is Cc1ccc2c(c1)nc(-c1cccc(N)c1)c1ccncc12. The van der Waals surface area contributed by atoms with Gasteiger partial charge in [-0.25, -0.2) is 4.98 Å². The van der Waals surface area contributed by atoms with Gasteiger partial charge in [0.1, 0.15) is 0 Å². The molecule has 3 nitrogen and oxygen atoms in total. The zero-order valence-electron chi connectivity index (χ0n) is 12.2. The van der Waals surface area contributed by atoms with E-state index in [-0.39, 0.29) is 0 Å². The molecule has 2 aromatic heterocycles. The predicted octanol–water partition coefficient (Wildman–Crippen LogP) is 4.34. The van der Waals surface area contributed by atoms with Gasteiger partial charge >= 0.3 is 0 Å². The minimum Gasteiger partial charge on any atom is -0.399 e. The van der Waals surface area contributed by atoms with E-state index in [1.165, 1.54) is 5.56 Å². The van der Waals surface area contributed by atoms with E-state index in [2.05, 4.69) is 30.1 Å². The average molecular weight is 285 g/mol. The molecule has 2 N–H and O–H groups in total. The molecule has 0 amide bonds. The average Bonchev–Trinajstić information content (AvgIpc) is 2.53. The fraction of sp³-hybridized carbons (Fsp3) is 0.0526. The Hall–Kier alpha value is -2.94. The van der Waals surface area contributed by atoms with Gasteiger partial charge in [-0.2, -0.15) is 0 Å². The molecular formula is C19H15N3. The van der Waals surface area contributed by atoms with Gasteiger partial charge in [0.25, 0.3) is 0 Å². The summed E-state index contributed by atoms with van der Waals surface area (Å²) in [6.07, 6.45) is 3.71. The Labute approximate surface area is 128 Å². The standard InChI is InChI=1S/C19H15N3/c1-12-5-6-15-17-11-21-8-7-16(17)19(22-18(15)9-12)13-3-2-4-14(20)10-13/h2-11H,20H2,1H3. The van der Waals surface area contributed by atoms with Gasteiger partial charge in [-0.3, -0.25) is 4.98 Å². The third-order valence-corrected chi connectivity index (χ3v) is 3.91. The Morgan fingerprint density at radius 2 is 1.82 bits per heavy atom. The van der Waals surface area contributed by atoms with E-state index in [4.69, 9.17) is 10.7 Å². The van der Waals surface area contributed by atoms with Crippen molar-refractivity contribution in [2.24, 2.45) is 0 Å². The van der Waals surface area contributed by atoms with Crippen LogP contribution >= 0.6 is 0 Å².